The molecular weight excluding hydrogens is 323 g/mol. The molecule has 0 bridgehead atoms. The van der Waals surface area contributed by atoms with Gasteiger partial charge >= 0.3 is 0 Å². The number of benzene rings is 1. The van der Waals surface area contributed by atoms with Crippen LogP contribution in [0.15, 0.2) is 22.7 Å². The third-order valence-corrected chi connectivity index (χ3v) is 5.21. The first-order valence-electron chi connectivity index (χ1n) is 7.08. The largest absolute Gasteiger partial charge is 0.335 e. The number of rotatable bonds is 2. The Balaban J connectivity index is 1.84. The Labute approximate surface area is 126 Å². The Morgan fingerprint density at radius 1 is 1.50 bits per heavy atom. The van der Waals surface area contributed by atoms with E-state index in [2.05, 4.69) is 28.2 Å². The van der Waals surface area contributed by atoms with E-state index < -0.39 is 0 Å². The van der Waals surface area contributed by atoms with Crippen molar-refractivity contribution in [2.45, 2.75) is 19.4 Å². The predicted molar refractivity (Wildman–Crippen MR) is 79.1 cm³/mol. The van der Waals surface area contributed by atoms with Crippen LogP contribution in [-0.4, -0.2) is 36.5 Å². The van der Waals surface area contributed by atoms with Gasteiger partial charge < -0.3 is 10.2 Å². The molecule has 2 aliphatic rings. The van der Waals surface area contributed by atoms with Crippen molar-refractivity contribution in [2.24, 2.45) is 11.8 Å². The first kappa shape index (κ1) is 14.0. The molecule has 2 heterocycles. The third kappa shape index (κ3) is 2.27. The Morgan fingerprint density at radius 2 is 2.30 bits per heavy atom. The van der Waals surface area contributed by atoms with E-state index in [4.69, 9.17) is 0 Å². The van der Waals surface area contributed by atoms with Crippen LogP contribution in [0.3, 0.4) is 0 Å². The zero-order valence-electron chi connectivity index (χ0n) is 11.4. The van der Waals surface area contributed by atoms with Crippen LogP contribution in [0.1, 0.15) is 23.7 Å². The monoisotopic (exact) mass is 340 g/mol. The van der Waals surface area contributed by atoms with E-state index >= 15 is 0 Å². The average molecular weight is 341 g/mol. The van der Waals surface area contributed by atoms with Crippen LogP contribution in [0.5, 0.6) is 0 Å². The van der Waals surface area contributed by atoms with Gasteiger partial charge in [0.1, 0.15) is 5.82 Å². The minimum Gasteiger partial charge on any atom is -0.335 e. The van der Waals surface area contributed by atoms with Crippen molar-refractivity contribution in [3.8, 4) is 0 Å². The first-order valence-corrected chi connectivity index (χ1v) is 7.88. The predicted octanol–water partition coefficient (Wildman–Crippen LogP) is 2.66. The van der Waals surface area contributed by atoms with Gasteiger partial charge in [-0.1, -0.05) is 6.92 Å². The van der Waals surface area contributed by atoms with Crippen LogP contribution in [-0.2, 0) is 0 Å². The lowest BCUT2D eigenvalue weighted by Gasteiger charge is -2.27. The molecule has 5 heteroatoms. The van der Waals surface area contributed by atoms with Crippen molar-refractivity contribution < 1.29 is 9.18 Å². The second-order valence-corrected chi connectivity index (χ2v) is 6.50. The van der Waals surface area contributed by atoms with Gasteiger partial charge in [-0.25, -0.2) is 4.39 Å². The molecule has 20 heavy (non-hydrogen) atoms. The van der Waals surface area contributed by atoms with E-state index in [0.717, 1.165) is 26.1 Å². The molecule has 2 aliphatic heterocycles. The zero-order chi connectivity index (χ0) is 14.3. The van der Waals surface area contributed by atoms with Crippen molar-refractivity contribution in [1.82, 2.24) is 10.2 Å². The molecule has 0 aliphatic carbocycles. The summed E-state index contributed by atoms with van der Waals surface area (Å²) in [5.74, 6) is 0.663. The summed E-state index contributed by atoms with van der Waals surface area (Å²) in [5.41, 5.74) is 0.442. The van der Waals surface area contributed by atoms with E-state index in [0.29, 0.717) is 21.9 Å². The molecule has 1 aromatic carbocycles. The number of likely N-dealkylation sites (tertiary alicyclic amines) is 1. The number of hydrogen-bond donors (Lipinski definition) is 1. The molecule has 3 unspecified atom stereocenters. The average Bonchev–Trinajstić information content (AvgIpc) is 3.01. The fourth-order valence-corrected chi connectivity index (χ4v) is 3.82. The quantitative estimate of drug-likeness (QED) is 0.897. The summed E-state index contributed by atoms with van der Waals surface area (Å²) in [7, 11) is 0. The van der Waals surface area contributed by atoms with Gasteiger partial charge in [-0.15, -0.1) is 0 Å². The van der Waals surface area contributed by atoms with Crippen LogP contribution in [0, 0.1) is 17.7 Å². The number of carbonyl (C=O) groups is 1. The van der Waals surface area contributed by atoms with E-state index in [-0.39, 0.29) is 17.8 Å². The highest BCUT2D eigenvalue weighted by Gasteiger charge is 2.45. The minimum absolute atomic E-state index is 0.0438. The molecule has 3 nitrogen and oxygen atoms in total. The van der Waals surface area contributed by atoms with Crippen molar-refractivity contribution >= 4 is 21.8 Å². The molecule has 1 N–H and O–H groups in total. The number of amides is 1. The first-order chi connectivity index (χ1) is 9.61. The smallest absolute Gasteiger partial charge is 0.254 e. The molecule has 3 rings (SSSR count). The van der Waals surface area contributed by atoms with Crippen LogP contribution in [0.2, 0.25) is 0 Å². The number of fused-ring (bicyclic) bond motifs is 1. The van der Waals surface area contributed by atoms with Crippen LogP contribution >= 0.6 is 15.9 Å². The Bertz CT molecular complexity index is 537. The molecule has 0 radical (unpaired) electrons. The normalized spacial score (nSPS) is 28.8. The fourth-order valence-electron chi connectivity index (χ4n) is 3.57. The molecule has 0 saturated carbocycles. The lowest BCUT2D eigenvalue weighted by atomic mass is 9.93. The highest BCUT2D eigenvalue weighted by atomic mass is 79.9. The maximum atomic E-state index is 13.6. The molecule has 1 aromatic rings. The highest BCUT2D eigenvalue weighted by molar-refractivity contribution is 9.10. The van der Waals surface area contributed by atoms with Gasteiger partial charge in [0, 0.05) is 31.2 Å². The van der Waals surface area contributed by atoms with Crippen LogP contribution in [0.25, 0.3) is 0 Å². The summed E-state index contributed by atoms with van der Waals surface area (Å²) in [6.07, 6.45) is 0.952. The Hall–Kier alpha value is -0.940. The van der Waals surface area contributed by atoms with Crippen LogP contribution < -0.4 is 5.32 Å². The minimum atomic E-state index is -0.384. The lowest BCUT2D eigenvalue weighted by Crippen LogP contribution is -2.39. The zero-order valence-corrected chi connectivity index (χ0v) is 13.0. The molecule has 0 aromatic heterocycles. The van der Waals surface area contributed by atoms with E-state index in [1.165, 1.54) is 6.07 Å². The lowest BCUT2D eigenvalue weighted by molar-refractivity contribution is 0.0711. The summed E-state index contributed by atoms with van der Waals surface area (Å²) in [6.45, 7) is 4.88. The summed E-state index contributed by atoms with van der Waals surface area (Å²) in [5, 5.41) is 3.40. The number of nitrogens with zero attached hydrogens (tertiary/aromatic N) is 1. The number of carbonyl (C=O) groups excluding carboxylic acids is 1. The Kier molecular flexibility index (Phi) is 3.82. The molecule has 3 atom stereocenters. The number of hydrogen-bond acceptors (Lipinski definition) is 2. The molecule has 0 spiro atoms. The summed E-state index contributed by atoms with van der Waals surface area (Å²) >= 11 is 3.12. The van der Waals surface area contributed by atoms with Gasteiger partial charge in [0.2, 0.25) is 0 Å². The third-order valence-electron chi connectivity index (χ3n) is 4.56. The maximum absolute atomic E-state index is 13.6. The van der Waals surface area contributed by atoms with Crippen molar-refractivity contribution in [3.63, 3.8) is 0 Å². The van der Waals surface area contributed by atoms with E-state index in [1.807, 2.05) is 4.90 Å². The number of halogens is 2. The van der Waals surface area contributed by atoms with Crippen LogP contribution in [0.4, 0.5) is 4.39 Å². The summed E-state index contributed by atoms with van der Waals surface area (Å²) < 4.78 is 14.0. The van der Waals surface area contributed by atoms with Gasteiger partial charge in [-0.2, -0.15) is 0 Å². The Morgan fingerprint density at radius 3 is 3.00 bits per heavy atom. The second-order valence-electron chi connectivity index (χ2n) is 5.64. The van der Waals surface area contributed by atoms with Gasteiger partial charge in [-0.3, -0.25) is 4.79 Å². The van der Waals surface area contributed by atoms with E-state index in [1.54, 1.807) is 12.1 Å². The highest BCUT2D eigenvalue weighted by Crippen LogP contribution is 2.35. The summed E-state index contributed by atoms with van der Waals surface area (Å²) in [6, 6.07) is 4.89. The SMILES string of the molecule is CCC1C2CNCC2CN1C(=O)c1ccc(Br)c(F)c1. The topological polar surface area (TPSA) is 32.3 Å². The van der Waals surface area contributed by atoms with Crippen molar-refractivity contribution in [1.29, 1.82) is 0 Å². The fraction of sp³-hybridized carbons (Fsp3) is 0.533. The molecule has 108 valence electrons. The van der Waals surface area contributed by atoms with E-state index in [9.17, 15) is 9.18 Å². The second kappa shape index (κ2) is 5.45. The van der Waals surface area contributed by atoms with Gasteiger partial charge in [0.15, 0.2) is 0 Å². The van der Waals surface area contributed by atoms with Crippen molar-refractivity contribution in [2.75, 3.05) is 19.6 Å². The standard InChI is InChI=1S/C15H18BrFN2O/c1-2-14-11-7-18-6-10(11)8-19(14)15(20)9-3-4-12(16)13(17)5-9/h3-5,10-11,14,18H,2,6-8H2,1H3. The van der Waals surface area contributed by atoms with Crippen molar-refractivity contribution in [3.05, 3.63) is 34.1 Å². The molecular formula is C15H18BrFN2O. The summed E-state index contributed by atoms with van der Waals surface area (Å²) in [4.78, 5) is 14.6. The van der Waals surface area contributed by atoms with Gasteiger partial charge in [0.25, 0.3) is 5.91 Å². The molecule has 2 saturated heterocycles. The molecule has 2 fully saturated rings. The van der Waals surface area contributed by atoms with Gasteiger partial charge in [-0.05, 0) is 52.4 Å². The maximum Gasteiger partial charge on any atom is 0.254 e. The molecule has 1 amide bonds. The number of nitrogens with one attached hydrogen (secondary N) is 1. The van der Waals surface area contributed by atoms with Gasteiger partial charge in [0.05, 0.1) is 4.47 Å².